The highest BCUT2D eigenvalue weighted by atomic mass is 16.4. The number of carbonyl (C=O) groups excluding carboxylic acids is 1. The predicted molar refractivity (Wildman–Crippen MR) is 100 cm³/mol. The minimum Gasteiger partial charge on any atom is -0.481 e. The summed E-state index contributed by atoms with van der Waals surface area (Å²) in [6, 6.07) is 3.55. The summed E-state index contributed by atoms with van der Waals surface area (Å²) in [6.45, 7) is 2.38. The molecule has 1 amide bonds. The van der Waals surface area contributed by atoms with Crippen LogP contribution in [-0.4, -0.2) is 49.9 Å². The van der Waals surface area contributed by atoms with Gasteiger partial charge >= 0.3 is 5.97 Å². The highest BCUT2D eigenvalue weighted by Crippen LogP contribution is 2.44. The minimum atomic E-state index is -0.844. The number of carboxylic acids is 1. The van der Waals surface area contributed by atoms with E-state index in [2.05, 4.69) is 15.0 Å². The molecule has 146 valence electrons. The molecule has 28 heavy (non-hydrogen) atoms. The summed E-state index contributed by atoms with van der Waals surface area (Å²) in [5.74, 6) is -0.742. The standard InChI is InChI=1S/C20H22N4O4/c1-11-14(19(26)23-18(22-11)13-3-2-6-21-8-13)7-17(25)24-9-15(12-4-5-12)16(10-24)20(27)28/h2-3,6,8,12,15-16H,4-5,7,9-10H2,1H3,(H,27,28)(H,22,23,26)/t15-,16+/m1/s1. The maximum Gasteiger partial charge on any atom is 0.308 e. The van der Waals surface area contributed by atoms with E-state index in [4.69, 9.17) is 0 Å². The second-order valence-electron chi connectivity index (χ2n) is 7.64. The van der Waals surface area contributed by atoms with Gasteiger partial charge in [0.1, 0.15) is 5.82 Å². The van der Waals surface area contributed by atoms with Crippen LogP contribution in [0.5, 0.6) is 0 Å². The second-order valence-corrected chi connectivity index (χ2v) is 7.64. The van der Waals surface area contributed by atoms with E-state index in [1.165, 1.54) is 0 Å². The molecule has 2 N–H and O–H groups in total. The Hall–Kier alpha value is -3.03. The molecule has 3 heterocycles. The van der Waals surface area contributed by atoms with Crippen LogP contribution in [0.1, 0.15) is 24.1 Å². The summed E-state index contributed by atoms with van der Waals surface area (Å²) >= 11 is 0. The van der Waals surface area contributed by atoms with Crippen LogP contribution in [0.3, 0.4) is 0 Å². The third-order valence-corrected chi connectivity index (χ3v) is 5.75. The van der Waals surface area contributed by atoms with E-state index in [-0.39, 0.29) is 30.3 Å². The van der Waals surface area contributed by atoms with Crippen molar-refractivity contribution in [2.45, 2.75) is 26.2 Å². The molecule has 1 aliphatic carbocycles. The van der Waals surface area contributed by atoms with Crippen molar-refractivity contribution < 1.29 is 14.7 Å². The number of hydrogen-bond acceptors (Lipinski definition) is 5. The Labute approximate surface area is 161 Å². The summed E-state index contributed by atoms with van der Waals surface area (Å²) in [4.78, 5) is 49.6. The maximum absolute atomic E-state index is 12.8. The number of nitrogens with one attached hydrogen (secondary N) is 1. The smallest absolute Gasteiger partial charge is 0.308 e. The molecular formula is C20H22N4O4. The number of aromatic nitrogens is 3. The SMILES string of the molecule is Cc1nc(-c2cccnc2)[nH]c(=O)c1CC(=O)N1C[C@H](C(=O)O)[C@@H](C2CC2)C1. The topological polar surface area (TPSA) is 116 Å². The minimum absolute atomic E-state index is 0.0203. The van der Waals surface area contributed by atoms with Crippen LogP contribution in [0.2, 0.25) is 0 Å². The number of aromatic amines is 1. The van der Waals surface area contributed by atoms with Gasteiger partial charge in [-0.25, -0.2) is 4.98 Å². The van der Waals surface area contributed by atoms with Crippen molar-refractivity contribution in [3.63, 3.8) is 0 Å². The zero-order chi connectivity index (χ0) is 19.8. The number of pyridine rings is 1. The molecule has 2 atom stereocenters. The van der Waals surface area contributed by atoms with Gasteiger partial charge < -0.3 is 15.0 Å². The Morgan fingerprint density at radius 1 is 1.32 bits per heavy atom. The van der Waals surface area contributed by atoms with E-state index < -0.39 is 11.9 Å². The zero-order valence-corrected chi connectivity index (χ0v) is 15.6. The summed E-state index contributed by atoms with van der Waals surface area (Å²) in [6.07, 6.45) is 5.24. The molecule has 8 heteroatoms. The van der Waals surface area contributed by atoms with Gasteiger partial charge in [0.25, 0.3) is 5.56 Å². The van der Waals surface area contributed by atoms with E-state index >= 15 is 0 Å². The lowest BCUT2D eigenvalue weighted by molar-refractivity contribution is -0.142. The molecule has 2 aromatic heterocycles. The molecule has 0 bridgehead atoms. The predicted octanol–water partition coefficient (Wildman–Crippen LogP) is 1.25. The van der Waals surface area contributed by atoms with Crippen LogP contribution in [0.25, 0.3) is 11.4 Å². The molecular weight excluding hydrogens is 360 g/mol. The lowest BCUT2D eigenvalue weighted by Gasteiger charge is -2.16. The third-order valence-electron chi connectivity index (χ3n) is 5.75. The number of hydrogen-bond donors (Lipinski definition) is 2. The van der Waals surface area contributed by atoms with Crippen molar-refractivity contribution in [3.05, 3.63) is 46.1 Å². The van der Waals surface area contributed by atoms with Crippen LogP contribution in [0.4, 0.5) is 0 Å². The van der Waals surface area contributed by atoms with Gasteiger partial charge in [-0.1, -0.05) is 0 Å². The van der Waals surface area contributed by atoms with Gasteiger partial charge in [-0.2, -0.15) is 0 Å². The summed E-state index contributed by atoms with van der Waals surface area (Å²) in [5, 5.41) is 9.47. The number of aryl methyl sites for hydroxylation is 1. The van der Waals surface area contributed by atoms with Gasteiger partial charge in [0, 0.05) is 42.3 Å². The summed E-state index contributed by atoms with van der Waals surface area (Å²) in [5.41, 5.74) is 1.15. The Bertz CT molecular complexity index is 968. The van der Waals surface area contributed by atoms with Crippen molar-refractivity contribution in [3.8, 4) is 11.4 Å². The molecule has 0 radical (unpaired) electrons. The van der Waals surface area contributed by atoms with Gasteiger partial charge in [-0.3, -0.25) is 19.4 Å². The first-order valence-electron chi connectivity index (χ1n) is 9.45. The number of H-pyrrole nitrogens is 1. The average Bonchev–Trinajstić information content (AvgIpc) is 3.42. The molecule has 0 unspecified atom stereocenters. The number of amides is 1. The van der Waals surface area contributed by atoms with E-state index in [0.717, 1.165) is 12.8 Å². The van der Waals surface area contributed by atoms with Crippen molar-refractivity contribution in [1.82, 2.24) is 19.9 Å². The number of nitrogens with zero attached hydrogens (tertiary/aromatic N) is 3. The third kappa shape index (κ3) is 3.54. The normalized spacial score (nSPS) is 21.7. The van der Waals surface area contributed by atoms with Crippen molar-refractivity contribution >= 4 is 11.9 Å². The Morgan fingerprint density at radius 3 is 2.71 bits per heavy atom. The summed E-state index contributed by atoms with van der Waals surface area (Å²) < 4.78 is 0. The van der Waals surface area contributed by atoms with Crippen LogP contribution in [-0.2, 0) is 16.0 Å². The number of rotatable bonds is 5. The van der Waals surface area contributed by atoms with Crippen molar-refractivity contribution in [2.75, 3.05) is 13.1 Å². The molecule has 0 spiro atoms. The average molecular weight is 382 g/mol. The number of likely N-dealkylation sites (tertiary alicyclic amines) is 1. The maximum atomic E-state index is 12.8. The van der Waals surface area contributed by atoms with E-state index in [9.17, 15) is 19.5 Å². The van der Waals surface area contributed by atoms with Crippen LogP contribution >= 0.6 is 0 Å². The molecule has 4 rings (SSSR count). The van der Waals surface area contributed by atoms with Gasteiger partial charge in [0.2, 0.25) is 5.91 Å². The Morgan fingerprint density at radius 2 is 2.11 bits per heavy atom. The Balaban J connectivity index is 1.52. The van der Waals surface area contributed by atoms with Crippen LogP contribution in [0, 0.1) is 24.7 Å². The first-order valence-corrected chi connectivity index (χ1v) is 9.45. The summed E-state index contributed by atoms with van der Waals surface area (Å²) in [7, 11) is 0. The number of carbonyl (C=O) groups is 2. The van der Waals surface area contributed by atoms with Crippen molar-refractivity contribution in [1.29, 1.82) is 0 Å². The van der Waals surface area contributed by atoms with Gasteiger partial charge in [0.15, 0.2) is 0 Å². The first kappa shape index (κ1) is 18.3. The van der Waals surface area contributed by atoms with Gasteiger partial charge in [-0.15, -0.1) is 0 Å². The molecule has 1 saturated heterocycles. The Kier molecular flexibility index (Phi) is 4.70. The van der Waals surface area contributed by atoms with Gasteiger partial charge in [-0.05, 0) is 43.7 Å². The largest absolute Gasteiger partial charge is 0.481 e. The molecule has 1 aliphatic heterocycles. The van der Waals surface area contributed by atoms with E-state index in [0.29, 0.717) is 35.1 Å². The van der Waals surface area contributed by atoms with Crippen LogP contribution in [0.15, 0.2) is 29.3 Å². The van der Waals surface area contributed by atoms with Crippen molar-refractivity contribution in [2.24, 2.45) is 17.8 Å². The fraction of sp³-hybridized carbons (Fsp3) is 0.450. The molecule has 0 aromatic carbocycles. The lowest BCUT2D eigenvalue weighted by atomic mass is 9.92. The monoisotopic (exact) mass is 382 g/mol. The fourth-order valence-corrected chi connectivity index (χ4v) is 4.02. The zero-order valence-electron chi connectivity index (χ0n) is 15.6. The highest BCUT2D eigenvalue weighted by Gasteiger charge is 2.46. The highest BCUT2D eigenvalue weighted by molar-refractivity contribution is 5.81. The van der Waals surface area contributed by atoms with Crippen LogP contribution < -0.4 is 5.56 Å². The second kappa shape index (κ2) is 7.18. The van der Waals surface area contributed by atoms with E-state index in [1.54, 1.807) is 36.4 Å². The molecule has 2 fully saturated rings. The molecule has 1 saturated carbocycles. The van der Waals surface area contributed by atoms with Gasteiger partial charge in [0.05, 0.1) is 12.3 Å². The molecule has 2 aliphatic rings. The quantitative estimate of drug-likeness (QED) is 0.804. The van der Waals surface area contributed by atoms with E-state index in [1.807, 2.05) is 0 Å². The molecule has 8 nitrogen and oxygen atoms in total. The number of carboxylic acid groups (broad SMARTS) is 1. The number of aliphatic carboxylic acids is 1. The first-order chi connectivity index (χ1) is 13.4. The molecule has 2 aromatic rings. The fourth-order valence-electron chi connectivity index (χ4n) is 4.02. The lowest BCUT2D eigenvalue weighted by Crippen LogP contribution is -2.33.